The summed E-state index contributed by atoms with van der Waals surface area (Å²) in [4.78, 5) is 18.2. The minimum Gasteiger partial charge on any atom is -0.481 e. The molecule has 0 bridgehead atoms. The van der Waals surface area contributed by atoms with Gasteiger partial charge in [-0.15, -0.1) is 0 Å². The van der Waals surface area contributed by atoms with Crippen LogP contribution < -0.4 is 4.90 Å². The molecule has 2 heterocycles. The van der Waals surface area contributed by atoms with E-state index in [4.69, 9.17) is 4.74 Å². The van der Waals surface area contributed by atoms with Gasteiger partial charge < -0.3 is 14.7 Å². The number of hydrogen-bond donors (Lipinski definition) is 1. The summed E-state index contributed by atoms with van der Waals surface area (Å²) in [6.07, 6.45) is 0.214. The Kier molecular flexibility index (Phi) is 4.22. The van der Waals surface area contributed by atoms with E-state index in [1.54, 1.807) is 0 Å². The number of ether oxygens (including phenoxy) is 1. The number of pyridine rings is 1. The normalized spacial score (nSPS) is 21.6. The van der Waals surface area contributed by atoms with Crippen molar-refractivity contribution in [2.75, 3.05) is 18.0 Å². The molecule has 1 fully saturated rings. The van der Waals surface area contributed by atoms with Crippen molar-refractivity contribution >= 4 is 22.6 Å². The molecular weight excluding hydrogens is 292 g/mol. The number of benzene rings is 1. The summed E-state index contributed by atoms with van der Waals surface area (Å²) in [7, 11) is 0. The van der Waals surface area contributed by atoms with Gasteiger partial charge in [0.2, 0.25) is 0 Å². The molecule has 122 valence electrons. The first kappa shape index (κ1) is 15.7. The van der Waals surface area contributed by atoms with E-state index < -0.39 is 5.97 Å². The smallest absolute Gasteiger partial charge is 0.307 e. The molecule has 0 spiro atoms. The van der Waals surface area contributed by atoms with Gasteiger partial charge in [0.1, 0.15) is 0 Å². The molecule has 0 aliphatic carbocycles. The largest absolute Gasteiger partial charge is 0.481 e. The minimum absolute atomic E-state index is 0.0148. The number of aliphatic carboxylic acids is 1. The minimum atomic E-state index is -0.833. The van der Waals surface area contributed by atoms with E-state index >= 15 is 0 Å². The Morgan fingerprint density at radius 3 is 2.61 bits per heavy atom. The Morgan fingerprint density at radius 2 is 1.96 bits per heavy atom. The maximum absolute atomic E-state index is 11.3. The van der Waals surface area contributed by atoms with Crippen molar-refractivity contribution in [2.24, 2.45) is 0 Å². The molecule has 1 aliphatic heterocycles. The zero-order valence-corrected chi connectivity index (χ0v) is 13.7. The van der Waals surface area contributed by atoms with E-state index in [1.165, 1.54) is 0 Å². The molecule has 0 amide bonds. The van der Waals surface area contributed by atoms with Crippen LogP contribution >= 0.6 is 0 Å². The highest BCUT2D eigenvalue weighted by Gasteiger charge is 2.27. The Balaban J connectivity index is 2.20. The molecule has 2 aromatic rings. The van der Waals surface area contributed by atoms with Crippen molar-refractivity contribution in [2.45, 2.75) is 39.4 Å². The van der Waals surface area contributed by atoms with Gasteiger partial charge in [0, 0.05) is 29.7 Å². The first-order chi connectivity index (χ1) is 11.0. The van der Waals surface area contributed by atoms with Gasteiger partial charge in [-0.3, -0.25) is 9.78 Å². The van der Waals surface area contributed by atoms with Crippen LogP contribution in [0.3, 0.4) is 0 Å². The molecule has 23 heavy (non-hydrogen) atoms. The number of anilines is 1. The standard InChI is InChI=1S/C18H22N2O3/c1-11-9-20(10-12(2)23-11)18-14-6-4-5-7-16(14)19-13(3)15(18)8-17(21)22/h4-7,11-12H,8-10H2,1-3H3,(H,21,22). The van der Waals surface area contributed by atoms with Crippen LogP contribution in [0.4, 0.5) is 5.69 Å². The summed E-state index contributed by atoms with van der Waals surface area (Å²) in [5.74, 6) is -0.833. The van der Waals surface area contributed by atoms with Crippen LogP contribution in [-0.4, -0.2) is 41.4 Å². The third-order valence-electron chi connectivity index (χ3n) is 4.23. The molecule has 5 heteroatoms. The molecule has 5 nitrogen and oxygen atoms in total. The van der Waals surface area contributed by atoms with Crippen molar-refractivity contribution in [1.82, 2.24) is 4.98 Å². The topological polar surface area (TPSA) is 62.7 Å². The van der Waals surface area contributed by atoms with Crippen molar-refractivity contribution in [3.05, 3.63) is 35.5 Å². The summed E-state index contributed by atoms with van der Waals surface area (Å²) >= 11 is 0. The van der Waals surface area contributed by atoms with Gasteiger partial charge in [-0.25, -0.2) is 0 Å². The maximum atomic E-state index is 11.3. The number of carboxylic acid groups (broad SMARTS) is 1. The second kappa shape index (κ2) is 6.16. The van der Waals surface area contributed by atoms with Crippen molar-refractivity contribution in [3.63, 3.8) is 0 Å². The number of aromatic nitrogens is 1. The third-order valence-corrected chi connectivity index (χ3v) is 4.23. The van der Waals surface area contributed by atoms with Crippen molar-refractivity contribution in [1.29, 1.82) is 0 Å². The molecule has 2 unspecified atom stereocenters. The third kappa shape index (κ3) is 3.15. The summed E-state index contributed by atoms with van der Waals surface area (Å²) in [6, 6.07) is 7.93. The number of fused-ring (bicyclic) bond motifs is 1. The van der Waals surface area contributed by atoms with Gasteiger partial charge >= 0.3 is 5.97 Å². The molecule has 1 saturated heterocycles. The SMILES string of the molecule is Cc1nc2ccccc2c(N2CC(C)OC(C)C2)c1CC(=O)O. The zero-order chi connectivity index (χ0) is 16.6. The van der Waals surface area contributed by atoms with Gasteiger partial charge in [0.25, 0.3) is 0 Å². The number of morpholine rings is 1. The molecule has 2 atom stereocenters. The van der Waals surface area contributed by atoms with E-state index in [-0.39, 0.29) is 18.6 Å². The molecule has 1 aromatic carbocycles. The zero-order valence-electron chi connectivity index (χ0n) is 13.7. The summed E-state index contributed by atoms with van der Waals surface area (Å²) in [6.45, 7) is 7.50. The predicted molar refractivity (Wildman–Crippen MR) is 90.0 cm³/mol. The van der Waals surface area contributed by atoms with E-state index in [1.807, 2.05) is 31.2 Å². The fourth-order valence-corrected chi connectivity index (χ4v) is 3.44. The lowest BCUT2D eigenvalue weighted by Gasteiger charge is -2.38. The van der Waals surface area contributed by atoms with Crippen LogP contribution in [-0.2, 0) is 16.0 Å². The number of aryl methyl sites for hydroxylation is 1. The molecule has 0 saturated carbocycles. The number of carboxylic acids is 1. The Hall–Kier alpha value is -2.14. The maximum Gasteiger partial charge on any atom is 0.307 e. The summed E-state index contributed by atoms with van der Waals surface area (Å²) in [5, 5.41) is 10.3. The first-order valence-electron chi connectivity index (χ1n) is 7.96. The molecule has 1 N–H and O–H groups in total. The van der Waals surface area contributed by atoms with Crippen LogP contribution in [0, 0.1) is 6.92 Å². The lowest BCUT2D eigenvalue weighted by Crippen LogP contribution is -2.46. The van der Waals surface area contributed by atoms with E-state index in [0.717, 1.165) is 40.9 Å². The van der Waals surface area contributed by atoms with Crippen LogP contribution in [0.15, 0.2) is 24.3 Å². The Labute approximate surface area is 135 Å². The number of carbonyl (C=O) groups is 1. The lowest BCUT2D eigenvalue weighted by molar-refractivity contribution is -0.136. The van der Waals surface area contributed by atoms with Gasteiger partial charge in [-0.1, -0.05) is 18.2 Å². The second-order valence-corrected chi connectivity index (χ2v) is 6.27. The number of rotatable bonds is 3. The van der Waals surface area contributed by atoms with E-state index in [9.17, 15) is 9.90 Å². The van der Waals surface area contributed by atoms with Crippen LogP contribution in [0.25, 0.3) is 10.9 Å². The van der Waals surface area contributed by atoms with Gasteiger partial charge in [-0.2, -0.15) is 0 Å². The molecule has 3 rings (SSSR count). The van der Waals surface area contributed by atoms with Gasteiger partial charge in [-0.05, 0) is 26.8 Å². The highest BCUT2D eigenvalue weighted by atomic mass is 16.5. The highest BCUT2D eigenvalue weighted by molar-refractivity contribution is 5.95. The second-order valence-electron chi connectivity index (χ2n) is 6.27. The Morgan fingerprint density at radius 1 is 1.30 bits per heavy atom. The number of para-hydroxylation sites is 1. The van der Waals surface area contributed by atoms with E-state index in [0.29, 0.717) is 0 Å². The molecule has 1 aliphatic rings. The summed E-state index contributed by atoms with van der Waals surface area (Å²) in [5.41, 5.74) is 3.49. The molecule has 0 radical (unpaired) electrons. The fourth-order valence-electron chi connectivity index (χ4n) is 3.44. The van der Waals surface area contributed by atoms with E-state index in [2.05, 4.69) is 23.7 Å². The predicted octanol–water partition coefficient (Wildman–Crippen LogP) is 2.78. The summed E-state index contributed by atoms with van der Waals surface area (Å²) < 4.78 is 5.83. The Bertz CT molecular complexity index is 734. The van der Waals surface area contributed by atoms with Crippen LogP contribution in [0.2, 0.25) is 0 Å². The van der Waals surface area contributed by atoms with Crippen LogP contribution in [0.1, 0.15) is 25.1 Å². The average molecular weight is 314 g/mol. The molecule has 1 aromatic heterocycles. The van der Waals surface area contributed by atoms with Crippen LogP contribution in [0.5, 0.6) is 0 Å². The van der Waals surface area contributed by atoms with Crippen molar-refractivity contribution < 1.29 is 14.6 Å². The van der Waals surface area contributed by atoms with Gasteiger partial charge in [0.15, 0.2) is 0 Å². The quantitative estimate of drug-likeness (QED) is 0.944. The number of hydrogen-bond acceptors (Lipinski definition) is 4. The highest BCUT2D eigenvalue weighted by Crippen LogP contribution is 2.34. The average Bonchev–Trinajstić information content (AvgIpc) is 2.46. The van der Waals surface area contributed by atoms with Crippen molar-refractivity contribution in [3.8, 4) is 0 Å². The molecular formula is C18H22N2O3. The lowest BCUT2D eigenvalue weighted by atomic mass is 10.0. The fraction of sp³-hybridized carbons (Fsp3) is 0.444. The monoisotopic (exact) mass is 314 g/mol. The number of nitrogens with zero attached hydrogens (tertiary/aromatic N) is 2. The van der Waals surface area contributed by atoms with Gasteiger partial charge in [0.05, 0.1) is 29.8 Å². The first-order valence-corrected chi connectivity index (χ1v) is 7.96.